The Morgan fingerprint density at radius 2 is 2.04 bits per heavy atom. The summed E-state index contributed by atoms with van der Waals surface area (Å²) < 4.78 is 27.6. The summed E-state index contributed by atoms with van der Waals surface area (Å²) in [6.07, 6.45) is 4.44. The number of amides is 1. The molecule has 1 aliphatic heterocycles. The Morgan fingerprint density at radius 3 is 2.80 bits per heavy atom. The summed E-state index contributed by atoms with van der Waals surface area (Å²) in [6, 6.07) is 5.54. The van der Waals surface area contributed by atoms with Gasteiger partial charge in [-0.25, -0.2) is 13.1 Å². The van der Waals surface area contributed by atoms with Crippen molar-refractivity contribution >= 4 is 15.9 Å². The standard InChI is InChI=1S/C18H27N3O3S/c1-14-13-19-10-11-21(14)18(22)8-9-20-25(23,24)17-7-6-15-4-2-3-5-16(15)12-17/h6-7,12,14,19-20H,2-5,8-11,13H2,1H3. The predicted molar refractivity (Wildman–Crippen MR) is 96.9 cm³/mol. The Hall–Kier alpha value is -1.44. The molecular formula is C18H27N3O3S. The molecular weight excluding hydrogens is 338 g/mol. The Morgan fingerprint density at radius 1 is 1.28 bits per heavy atom. The van der Waals surface area contributed by atoms with Crippen molar-refractivity contribution in [3.63, 3.8) is 0 Å². The molecule has 0 radical (unpaired) electrons. The fourth-order valence-corrected chi connectivity index (χ4v) is 4.69. The van der Waals surface area contributed by atoms with Crippen molar-refractivity contribution < 1.29 is 13.2 Å². The molecule has 1 saturated heterocycles. The topological polar surface area (TPSA) is 78.5 Å². The molecule has 2 N–H and O–H groups in total. The lowest BCUT2D eigenvalue weighted by molar-refractivity contribution is -0.133. The molecule has 0 aromatic heterocycles. The molecule has 0 bridgehead atoms. The number of rotatable bonds is 5. The van der Waals surface area contributed by atoms with E-state index in [0.717, 1.165) is 37.9 Å². The van der Waals surface area contributed by atoms with E-state index in [-0.39, 0.29) is 24.9 Å². The summed E-state index contributed by atoms with van der Waals surface area (Å²) >= 11 is 0. The number of aryl methyl sites for hydroxylation is 2. The zero-order valence-corrected chi connectivity index (χ0v) is 15.6. The minimum atomic E-state index is -3.57. The fourth-order valence-electron chi connectivity index (χ4n) is 3.61. The number of carbonyl (C=O) groups is 1. The quantitative estimate of drug-likeness (QED) is 0.818. The molecule has 7 heteroatoms. The summed E-state index contributed by atoms with van der Waals surface area (Å²) in [7, 11) is -3.57. The van der Waals surface area contributed by atoms with Gasteiger partial charge in [-0.05, 0) is 55.9 Å². The van der Waals surface area contributed by atoms with Crippen molar-refractivity contribution in [2.45, 2.75) is 50.0 Å². The van der Waals surface area contributed by atoms with Gasteiger partial charge >= 0.3 is 0 Å². The van der Waals surface area contributed by atoms with Gasteiger partial charge in [0.2, 0.25) is 15.9 Å². The highest BCUT2D eigenvalue weighted by Crippen LogP contribution is 2.24. The van der Waals surface area contributed by atoms with Crippen LogP contribution in [0.5, 0.6) is 0 Å². The second-order valence-corrected chi connectivity index (χ2v) is 8.69. The van der Waals surface area contributed by atoms with E-state index in [2.05, 4.69) is 10.0 Å². The van der Waals surface area contributed by atoms with Crippen molar-refractivity contribution in [3.8, 4) is 0 Å². The highest BCUT2D eigenvalue weighted by atomic mass is 32.2. The first-order valence-electron chi connectivity index (χ1n) is 9.09. The smallest absolute Gasteiger partial charge is 0.240 e. The van der Waals surface area contributed by atoms with Gasteiger partial charge in [0.05, 0.1) is 4.90 Å². The number of hydrogen-bond donors (Lipinski definition) is 2. The first kappa shape index (κ1) is 18.4. The molecule has 2 aliphatic rings. The number of fused-ring (bicyclic) bond motifs is 1. The molecule has 1 heterocycles. The number of nitrogens with one attached hydrogen (secondary N) is 2. The van der Waals surface area contributed by atoms with Crippen LogP contribution in [-0.4, -0.2) is 51.4 Å². The third kappa shape index (κ3) is 4.40. The molecule has 1 aromatic carbocycles. The molecule has 1 amide bonds. The van der Waals surface area contributed by atoms with Crippen LogP contribution in [0.25, 0.3) is 0 Å². The molecule has 0 spiro atoms. The molecule has 1 fully saturated rings. The molecule has 1 unspecified atom stereocenters. The Balaban J connectivity index is 1.57. The largest absolute Gasteiger partial charge is 0.337 e. The van der Waals surface area contributed by atoms with Crippen LogP contribution >= 0.6 is 0 Å². The average molecular weight is 365 g/mol. The van der Waals surface area contributed by atoms with Gasteiger partial charge in [0, 0.05) is 38.6 Å². The third-order valence-corrected chi connectivity index (χ3v) is 6.54. The Labute approximate surface area is 150 Å². The number of nitrogens with zero attached hydrogens (tertiary/aromatic N) is 1. The monoisotopic (exact) mass is 365 g/mol. The van der Waals surface area contributed by atoms with Gasteiger partial charge in [0.1, 0.15) is 0 Å². The first-order chi connectivity index (χ1) is 12.0. The van der Waals surface area contributed by atoms with E-state index >= 15 is 0 Å². The van der Waals surface area contributed by atoms with Crippen LogP contribution in [0.1, 0.15) is 37.3 Å². The lowest BCUT2D eigenvalue weighted by Crippen LogP contribution is -2.52. The van der Waals surface area contributed by atoms with Gasteiger partial charge in [-0.3, -0.25) is 4.79 Å². The molecule has 6 nitrogen and oxygen atoms in total. The van der Waals surface area contributed by atoms with Crippen LogP contribution < -0.4 is 10.0 Å². The fraction of sp³-hybridized carbons (Fsp3) is 0.611. The number of hydrogen-bond acceptors (Lipinski definition) is 4. The van der Waals surface area contributed by atoms with Crippen LogP contribution in [0.2, 0.25) is 0 Å². The highest BCUT2D eigenvalue weighted by molar-refractivity contribution is 7.89. The Bertz CT molecular complexity index is 733. The number of sulfonamides is 1. The molecule has 1 atom stereocenters. The first-order valence-corrected chi connectivity index (χ1v) is 10.6. The van der Waals surface area contributed by atoms with Crippen LogP contribution in [-0.2, 0) is 27.7 Å². The second kappa shape index (κ2) is 7.85. The van der Waals surface area contributed by atoms with E-state index in [9.17, 15) is 13.2 Å². The SMILES string of the molecule is CC1CNCCN1C(=O)CCNS(=O)(=O)c1ccc2c(c1)CCCC2. The van der Waals surface area contributed by atoms with Crippen LogP contribution in [0.4, 0.5) is 0 Å². The maximum atomic E-state index is 12.5. The Kier molecular flexibility index (Phi) is 5.76. The summed E-state index contributed by atoms with van der Waals surface area (Å²) in [5, 5.41) is 3.24. The maximum absolute atomic E-state index is 12.5. The van der Waals surface area contributed by atoms with E-state index in [1.807, 2.05) is 17.9 Å². The van der Waals surface area contributed by atoms with E-state index in [1.54, 1.807) is 12.1 Å². The summed E-state index contributed by atoms with van der Waals surface area (Å²) in [4.78, 5) is 14.4. The third-order valence-electron chi connectivity index (χ3n) is 5.08. The second-order valence-electron chi connectivity index (χ2n) is 6.93. The van der Waals surface area contributed by atoms with Gasteiger partial charge in [0.25, 0.3) is 0 Å². The lowest BCUT2D eigenvalue weighted by atomic mass is 9.92. The molecule has 25 heavy (non-hydrogen) atoms. The summed E-state index contributed by atoms with van der Waals surface area (Å²) in [6.45, 7) is 4.39. The number of benzene rings is 1. The number of piperazine rings is 1. The number of carbonyl (C=O) groups excluding carboxylic acids is 1. The highest BCUT2D eigenvalue weighted by Gasteiger charge is 2.23. The van der Waals surface area contributed by atoms with Crippen molar-refractivity contribution in [2.75, 3.05) is 26.2 Å². The molecule has 1 aliphatic carbocycles. The van der Waals surface area contributed by atoms with E-state index in [1.165, 1.54) is 12.0 Å². The van der Waals surface area contributed by atoms with Crippen molar-refractivity contribution in [2.24, 2.45) is 0 Å². The van der Waals surface area contributed by atoms with Gasteiger partial charge in [-0.15, -0.1) is 0 Å². The van der Waals surface area contributed by atoms with Crippen molar-refractivity contribution in [1.29, 1.82) is 0 Å². The normalized spacial score (nSPS) is 21.0. The summed E-state index contributed by atoms with van der Waals surface area (Å²) in [5.74, 6) is 0.00198. The van der Waals surface area contributed by atoms with Crippen molar-refractivity contribution in [3.05, 3.63) is 29.3 Å². The molecule has 0 saturated carbocycles. The molecule has 3 rings (SSSR count). The molecule has 1 aromatic rings. The van der Waals surface area contributed by atoms with Crippen LogP contribution in [0.15, 0.2) is 23.1 Å². The van der Waals surface area contributed by atoms with E-state index in [4.69, 9.17) is 0 Å². The zero-order valence-electron chi connectivity index (χ0n) is 14.8. The van der Waals surface area contributed by atoms with Gasteiger partial charge in [-0.1, -0.05) is 6.07 Å². The average Bonchev–Trinajstić information content (AvgIpc) is 2.61. The van der Waals surface area contributed by atoms with Gasteiger partial charge in [0.15, 0.2) is 0 Å². The maximum Gasteiger partial charge on any atom is 0.240 e. The minimum absolute atomic E-state index is 0.00198. The minimum Gasteiger partial charge on any atom is -0.337 e. The predicted octanol–water partition coefficient (Wildman–Crippen LogP) is 1.05. The van der Waals surface area contributed by atoms with Crippen LogP contribution in [0.3, 0.4) is 0 Å². The zero-order chi connectivity index (χ0) is 17.9. The van der Waals surface area contributed by atoms with Gasteiger partial charge in [-0.2, -0.15) is 0 Å². The van der Waals surface area contributed by atoms with Crippen molar-refractivity contribution in [1.82, 2.24) is 14.9 Å². The summed E-state index contributed by atoms with van der Waals surface area (Å²) in [5.41, 5.74) is 2.40. The molecule has 138 valence electrons. The lowest BCUT2D eigenvalue weighted by Gasteiger charge is -2.34. The van der Waals surface area contributed by atoms with Gasteiger partial charge < -0.3 is 10.2 Å². The van der Waals surface area contributed by atoms with E-state index < -0.39 is 10.0 Å². The van der Waals surface area contributed by atoms with E-state index in [0.29, 0.717) is 11.4 Å². The van der Waals surface area contributed by atoms with Crippen LogP contribution in [0, 0.1) is 0 Å².